The average molecular weight is 293 g/mol. The Bertz CT molecular complexity index is 458. The highest BCUT2D eigenvalue weighted by molar-refractivity contribution is 8.00. The van der Waals surface area contributed by atoms with Crippen LogP contribution in [0.4, 0.5) is 5.82 Å². The molecular formula is C15H23N3OS. The molecule has 1 aliphatic heterocycles. The highest BCUT2D eigenvalue weighted by Crippen LogP contribution is 2.25. The van der Waals surface area contributed by atoms with E-state index in [1.165, 1.54) is 18.6 Å². The van der Waals surface area contributed by atoms with Gasteiger partial charge in [0.25, 0.3) is 5.91 Å². The van der Waals surface area contributed by atoms with Gasteiger partial charge in [-0.25, -0.2) is 4.98 Å². The van der Waals surface area contributed by atoms with Crippen molar-refractivity contribution in [3.63, 3.8) is 0 Å². The Hall–Kier alpha value is -1.23. The van der Waals surface area contributed by atoms with E-state index in [1.54, 1.807) is 0 Å². The van der Waals surface area contributed by atoms with Gasteiger partial charge < -0.3 is 10.6 Å². The molecule has 0 radical (unpaired) electrons. The number of rotatable bonds is 6. The standard InChI is InChI=1S/C15H23N3OS/c1-3-12-8-11(9-14(18-12)16-4-2)15(19)17-10-13-6-5-7-20-13/h8-9,13H,3-7,10H2,1-2H3,(H,16,18)(H,17,19). The van der Waals surface area contributed by atoms with Crippen LogP contribution in [0, 0.1) is 0 Å². The first kappa shape index (κ1) is 15.2. The van der Waals surface area contributed by atoms with Crippen LogP contribution < -0.4 is 10.6 Å². The van der Waals surface area contributed by atoms with Gasteiger partial charge in [-0.2, -0.15) is 11.8 Å². The summed E-state index contributed by atoms with van der Waals surface area (Å²) in [6, 6.07) is 3.72. The summed E-state index contributed by atoms with van der Waals surface area (Å²) in [6.45, 7) is 5.65. The fourth-order valence-corrected chi connectivity index (χ4v) is 3.49. The van der Waals surface area contributed by atoms with E-state index in [4.69, 9.17) is 0 Å². The molecule has 110 valence electrons. The number of pyridine rings is 1. The SMILES string of the molecule is CCNc1cc(C(=O)NCC2CCCS2)cc(CC)n1. The fourth-order valence-electron chi connectivity index (χ4n) is 2.29. The highest BCUT2D eigenvalue weighted by Gasteiger charge is 2.17. The second-order valence-electron chi connectivity index (χ2n) is 4.96. The van der Waals surface area contributed by atoms with Gasteiger partial charge in [-0.3, -0.25) is 4.79 Å². The zero-order valence-corrected chi connectivity index (χ0v) is 13.1. The van der Waals surface area contributed by atoms with Crippen LogP contribution >= 0.6 is 11.8 Å². The number of aromatic nitrogens is 1. The first-order valence-corrected chi connectivity index (χ1v) is 8.42. The van der Waals surface area contributed by atoms with Crippen molar-refractivity contribution >= 4 is 23.5 Å². The number of nitrogens with one attached hydrogen (secondary N) is 2. The molecule has 0 spiro atoms. The van der Waals surface area contributed by atoms with Gasteiger partial charge in [0.1, 0.15) is 5.82 Å². The number of hydrogen-bond acceptors (Lipinski definition) is 4. The minimum absolute atomic E-state index is 0.00810. The molecule has 0 aromatic carbocycles. The maximum absolute atomic E-state index is 12.3. The lowest BCUT2D eigenvalue weighted by atomic mass is 10.1. The summed E-state index contributed by atoms with van der Waals surface area (Å²) in [6.07, 6.45) is 3.31. The summed E-state index contributed by atoms with van der Waals surface area (Å²) >= 11 is 1.96. The minimum atomic E-state index is 0.00810. The van der Waals surface area contributed by atoms with Crippen molar-refractivity contribution in [2.75, 3.05) is 24.2 Å². The number of amides is 1. The van der Waals surface area contributed by atoms with Gasteiger partial charge in [0, 0.05) is 29.6 Å². The number of thioether (sulfide) groups is 1. The predicted molar refractivity (Wildman–Crippen MR) is 85.6 cm³/mol. The predicted octanol–water partition coefficient (Wildman–Crippen LogP) is 2.70. The summed E-state index contributed by atoms with van der Waals surface area (Å²) < 4.78 is 0. The quantitative estimate of drug-likeness (QED) is 0.847. The molecule has 1 aliphatic rings. The third kappa shape index (κ3) is 4.13. The summed E-state index contributed by atoms with van der Waals surface area (Å²) in [5.41, 5.74) is 1.65. The molecule has 1 atom stereocenters. The van der Waals surface area contributed by atoms with Crippen LogP contribution in [0.3, 0.4) is 0 Å². The van der Waals surface area contributed by atoms with Crippen molar-refractivity contribution in [2.45, 2.75) is 38.4 Å². The topological polar surface area (TPSA) is 54.0 Å². The zero-order valence-electron chi connectivity index (χ0n) is 12.2. The second kappa shape index (κ2) is 7.53. The molecule has 1 fully saturated rings. The van der Waals surface area contributed by atoms with Crippen LogP contribution in [0.25, 0.3) is 0 Å². The first-order chi connectivity index (χ1) is 9.72. The molecule has 4 nitrogen and oxygen atoms in total. The van der Waals surface area contributed by atoms with E-state index in [-0.39, 0.29) is 5.91 Å². The Morgan fingerprint density at radius 1 is 1.45 bits per heavy atom. The van der Waals surface area contributed by atoms with Crippen LogP contribution in [0.5, 0.6) is 0 Å². The highest BCUT2D eigenvalue weighted by atomic mass is 32.2. The zero-order chi connectivity index (χ0) is 14.4. The Morgan fingerprint density at radius 3 is 2.95 bits per heavy atom. The van der Waals surface area contributed by atoms with Crippen molar-refractivity contribution in [3.05, 3.63) is 23.4 Å². The number of carbonyl (C=O) groups is 1. The van der Waals surface area contributed by atoms with Crippen LogP contribution in [0.15, 0.2) is 12.1 Å². The number of hydrogen-bond donors (Lipinski definition) is 2. The Morgan fingerprint density at radius 2 is 2.30 bits per heavy atom. The van der Waals surface area contributed by atoms with Gasteiger partial charge in [0.2, 0.25) is 0 Å². The van der Waals surface area contributed by atoms with E-state index in [0.717, 1.165) is 31.0 Å². The summed E-state index contributed by atoms with van der Waals surface area (Å²) in [4.78, 5) is 16.7. The lowest BCUT2D eigenvalue weighted by Gasteiger charge is -2.12. The van der Waals surface area contributed by atoms with E-state index in [1.807, 2.05) is 30.8 Å². The van der Waals surface area contributed by atoms with E-state index in [2.05, 4.69) is 22.5 Å². The van der Waals surface area contributed by atoms with Crippen LogP contribution in [-0.2, 0) is 6.42 Å². The van der Waals surface area contributed by atoms with Crippen molar-refractivity contribution in [3.8, 4) is 0 Å². The molecule has 1 aromatic rings. The largest absolute Gasteiger partial charge is 0.370 e. The van der Waals surface area contributed by atoms with Gasteiger partial charge >= 0.3 is 0 Å². The van der Waals surface area contributed by atoms with Crippen molar-refractivity contribution in [1.82, 2.24) is 10.3 Å². The van der Waals surface area contributed by atoms with Crippen LogP contribution in [0.2, 0.25) is 0 Å². The van der Waals surface area contributed by atoms with E-state index in [0.29, 0.717) is 10.8 Å². The molecule has 2 heterocycles. The van der Waals surface area contributed by atoms with Gasteiger partial charge in [-0.15, -0.1) is 0 Å². The van der Waals surface area contributed by atoms with E-state index in [9.17, 15) is 4.79 Å². The number of nitrogens with zero attached hydrogens (tertiary/aromatic N) is 1. The maximum Gasteiger partial charge on any atom is 0.251 e. The molecule has 1 aromatic heterocycles. The minimum Gasteiger partial charge on any atom is -0.370 e. The van der Waals surface area contributed by atoms with E-state index < -0.39 is 0 Å². The van der Waals surface area contributed by atoms with Crippen LogP contribution in [-0.4, -0.2) is 35.0 Å². The lowest BCUT2D eigenvalue weighted by molar-refractivity contribution is 0.0953. The average Bonchev–Trinajstić information content (AvgIpc) is 2.98. The molecule has 0 aliphatic carbocycles. The Balaban J connectivity index is 2.01. The lowest BCUT2D eigenvalue weighted by Crippen LogP contribution is -2.30. The molecule has 5 heteroatoms. The molecule has 0 bridgehead atoms. The molecule has 20 heavy (non-hydrogen) atoms. The maximum atomic E-state index is 12.3. The molecule has 1 amide bonds. The molecular weight excluding hydrogens is 270 g/mol. The first-order valence-electron chi connectivity index (χ1n) is 7.37. The number of aryl methyl sites for hydroxylation is 1. The monoisotopic (exact) mass is 293 g/mol. The van der Waals surface area contributed by atoms with Gasteiger partial charge in [0.15, 0.2) is 0 Å². The number of carbonyl (C=O) groups excluding carboxylic acids is 1. The Labute approximate surface area is 125 Å². The molecule has 1 unspecified atom stereocenters. The third-order valence-electron chi connectivity index (χ3n) is 3.37. The van der Waals surface area contributed by atoms with Crippen LogP contribution in [0.1, 0.15) is 42.7 Å². The smallest absolute Gasteiger partial charge is 0.251 e. The third-order valence-corrected chi connectivity index (χ3v) is 4.77. The van der Waals surface area contributed by atoms with Crippen molar-refractivity contribution in [2.24, 2.45) is 0 Å². The number of anilines is 1. The second-order valence-corrected chi connectivity index (χ2v) is 6.37. The molecule has 0 saturated carbocycles. The van der Waals surface area contributed by atoms with Crippen molar-refractivity contribution in [1.29, 1.82) is 0 Å². The summed E-state index contributed by atoms with van der Waals surface area (Å²) in [7, 11) is 0. The molecule has 1 saturated heterocycles. The van der Waals surface area contributed by atoms with Gasteiger partial charge in [-0.05, 0) is 44.1 Å². The van der Waals surface area contributed by atoms with Crippen molar-refractivity contribution < 1.29 is 4.79 Å². The molecule has 2 N–H and O–H groups in total. The summed E-state index contributed by atoms with van der Waals surface area (Å²) in [5.74, 6) is 2.02. The normalized spacial score (nSPS) is 18.0. The summed E-state index contributed by atoms with van der Waals surface area (Å²) in [5, 5.41) is 6.81. The Kier molecular flexibility index (Phi) is 5.71. The van der Waals surface area contributed by atoms with Gasteiger partial charge in [0.05, 0.1) is 0 Å². The van der Waals surface area contributed by atoms with E-state index >= 15 is 0 Å². The fraction of sp³-hybridized carbons (Fsp3) is 0.600. The van der Waals surface area contributed by atoms with Gasteiger partial charge in [-0.1, -0.05) is 6.92 Å². The molecule has 2 rings (SSSR count).